The molecule has 0 aliphatic carbocycles. The van der Waals surface area contributed by atoms with E-state index in [0.717, 1.165) is 34.3 Å². The summed E-state index contributed by atoms with van der Waals surface area (Å²) in [5.41, 5.74) is 5.75. The van der Waals surface area contributed by atoms with Crippen molar-refractivity contribution in [3.8, 4) is 22.5 Å². The van der Waals surface area contributed by atoms with Crippen molar-refractivity contribution in [2.75, 3.05) is 0 Å². The lowest BCUT2D eigenvalue weighted by molar-refractivity contribution is 0.00695. The van der Waals surface area contributed by atoms with Crippen LogP contribution >= 0.6 is 0 Å². The second-order valence-corrected chi connectivity index (χ2v) is 8.30. The molecule has 152 valence electrons. The van der Waals surface area contributed by atoms with Gasteiger partial charge >= 0.3 is 5.97 Å². The summed E-state index contributed by atoms with van der Waals surface area (Å²) in [6.45, 7) is 7.71. The number of rotatable bonds is 4. The molecule has 0 aliphatic rings. The van der Waals surface area contributed by atoms with E-state index in [4.69, 9.17) is 9.72 Å². The fraction of sp³-hybridized carbons (Fsp3) is 0.240. The fourth-order valence-corrected chi connectivity index (χ4v) is 3.30. The Labute approximate surface area is 176 Å². The van der Waals surface area contributed by atoms with Crippen molar-refractivity contribution in [2.45, 2.75) is 39.7 Å². The topological polar surface area (TPSA) is 67.9 Å². The molecular formula is C25H25N3O2. The number of nitrogens with one attached hydrogen (secondary N) is 1. The molecule has 5 heteroatoms. The summed E-state index contributed by atoms with van der Waals surface area (Å²) >= 11 is 0. The number of nitrogens with zero attached hydrogens (tertiary/aromatic N) is 2. The number of H-pyrrole nitrogens is 1. The molecule has 0 atom stereocenters. The number of pyridine rings is 1. The molecule has 0 saturated carbocycles. The number of benzene rings is 2. The van der Waals surface area contributed by atoms with Gasteiger partial charge < -0.3 is 4.74 Å². The molecule has 5 nitrogen and oxygen atoms in total. The first-order valence-corrected chi connectivity index (χ1v) is 10.1. The lowest BCUT2D eigenvalue weighted by Crippen LogP contribution is -2.23. The maximum Gasteiger partial charge on any atom is 0.338 e. The van der Waals surface area contributed by atoms with Gasteiger partial charge in [0.05, 0.1) is 17.0 Å². The lowest BCUT2D eigenvalue weighted by atomic mass is 10.0. The van der Waals surface area contributed by atoms with Crippen LogP contribution in [0, 0.1) is 0 Å². The minimum absolute atomic E-state index is 0.330. The van der Waals surface area contributed by atoms with E-state index in [-0.39, 0.29) is 5.97 Å². The van der Waals surface area contributed by atoms with Crippen LogP contribution in [0.3, 0.4) is 0 Å². The highest BCUT2D eigenvalue weighted by Crippen LogP contribution is 2.28. The average Bonchev–Trinajstić information content (AvgIpc) is 3.16. The molecule has 1 N–H and O–H groups in total. The summed E-state index contributed by atoms with van der Waals surface area (Å²) in [4.78, 5) is 16.9. The summed E-state index contributed by atoms with van der Waals surface area (Å²) in [7, 11) is 0. The summed E-state index contributed by atoms with van der Waals surface area (Å²) in [6, 6.07) is 19.8. The number of ether oxygens (including phenoxy) is 1. The average molecular weight is 399 g/mol. The van der Waals surface area contributed by atoms with Crippen molar-refractivity contribution in [1.82, 2.24) is 15.2 Å². The van der Waals surface area contributed by atoms with Gasteiger partial charge in [0.1, 0.15) is 5.60 Å². The molecule has 4 rings (SSSR count). The van der Waals surface area contributed by atoms with Crippen molar-refractivity contribution >= 4 is 17.0 Å². The van der Waals surface area contributed by atoms with Crippen LogP contribution < -0.4 is 0 Å². The largest absolute Gasteiger partial charge is 0.456 e. The SMILES string of the molecule is CCc1ccc(-c2[nH]nc3nc(-c4ccc(C(=O)OC(C)(C)C)cc4)ccc23)cc1. The molecule has 0 aliphatic heterocycles. The van der Waals surface area contributed by atoms with Gasteiger partial charge in [0.2, 0.25) is 0 Å². The zero-order valence-electron chi connectivity index (χ0n) is 17.7. The predicted molar refractivity (Wildman–Crippen MR) is 119 cm³/mol. The number of hydrogen-bond acceptors (Lipinski definition) is 4. The molecule has 2 heterocycles. The predicted octanol–water partition coefficient (Wildman–Crippen LogP) is 5.81. The first kappa shape index (κ1) is 19.8. The van der Waals surface area contributed by atoms with Crippen LogP contribution in [-0.2, 0) is 11.2 Å². The van der Waals surface area contributed by atoms with Crippen LogP contribution in [0.5, 0.6) is 0 Å². The van der Waals surface area contributed by atoms with Crippen molar-refractivity contribution < 1.29 is 9.53 Å². The Kier molecular flexibility index (Phi) is 5.12. The third kappa shape index (κ3) is 4.10. The summed E-state index contributed by atoms with van der Waals surface area (Å²) < 4.78 is 5.42. The van der Waals surface area contributed by atoms with Gasteiger partial charge in [-0.15, -0.1) is 0 Å². The van der Waals surface area contributed by atoms with Gasteiger partial charge in [0, 0.05) is 16.5 Å². The van der Waals surface area contributed by atoms with Crippen LogP contribution in [0.2, 0.25) is 0 Å². The minimum Gasteiger partial charge on any atom is -0.456 e. The zero-order chi connectivity index (χ0) is 21.3. The number of fused-ring (bicyclic) bond motifs is 1. The summed E-state index contributed by atoms with van der Waals surface area (Å²) in [6.07, 6.45) is 1.02. The van der Waals surface area contributed by atoms with E-state index >= 15 is 0 Å². The first-order valence-electron chi connectivity index (χ1n) is 10.1. The number of aromatic nitrogens is 3. The molecule has 0 radical (unpaired) electrons. The first-order chi connectivity index (χ1) is 14.3. The van der Waals surface area contributed by atoms with E-state index in [2.05, 4.69) is 41.4 Å². The maximum atomic E-state index is 12.2. The smallest absolute Gasteiger partial charge is 0.338 e. The number of aryl methyl sites for hydroxylation is 1. The van der Waals surface area contributed by atoms with Gasteiger partial charge in [-0.3, -0.25) is 5.10 Å². The third-order valence-electron chi connectivity index (χ3n) is 4.88. The van der Waals surface area contributed by atoms with Gasteiger partial charge in [-0.25, -0.2) is 9.78 Å². The van der Waals surface area contributed by atoms with E-state index in [1.807, 2.05) is 45.0 Å². The number of esters is 1. The number of hydrogen-bond donors (Lipinski definition) is 1. The Morgan fingerprint density at radius 1 is 0.933 bits per heavy atom. The second-order valence-electron chi connectivity index (χ2n) is 8.30. The van der Waals surface area contributed by atoms with Crippen LogP contribution in [0.4, 0.5) is 0 Å². The van der Waals surface area contributed by atoms with Gasteiger partial charge in [0.25, 0.3) is 0 Å². The molecule has 2 aromatic heterocycles. The Bertz CT molecular complexity index is 1180. The lowest BCUT2D eigenvalue weighted by Gasteiger charge is -2.19. The van der Waals surface area contributed by atoms with E-state index < -0.39 is 5.60 Å². The van der Waals surface area contributed by atoms with Crippen LogP contribution in [-0.4, -0.2) is 26.8 Å². The molecule has 0 unspecified atom stereocenters. The molecule has 0 bridgehead atoms. The van der Waals surface area contributed by atoms with Gasteiger partial charge in [-0.05, 0) is 57.0 Å². The standard InChI is InChI=1S/C25H25N3O2/c1-5-16-6-8-18(9-7-16)22-20-14-15-21(26-23(20)28-27-22)17-10-12-19(13-11-17)24(29)30-25(2,3)4/h6-15H,5H2,1-4H3,(H,26,27,28). The Morgan fingerprint density at radius 3 is 2.23 bits per heavy atom. The Balaban J connectivity index is 1.60. The maximum absolute atomic E-state index is 12.2. The van der Waals surface area contributed by atoms with Crippen LogP contribution in [0.25, 0.3) is 33.5 Å². The normalized spacial score (nSPS) is 11.6. The highest BCUT2D eigenvalue weighted by molar-refractivity contribution is 5.92. The Morgan fingerprint density at radius 2 is 1.60 bits per heavy atom. The molecule has 0 saturated heterocycles. The second kappa shape index (κ2) is 7.75. The molecule has 0 spiro atoms. The quantitative estimate of drug-likeness (QED) is 0.440. The van der Waals surface area contributed by atoms with E-state index in [0.29, 0.717) is 11.2 Å². The fourth-order valence-electron chi connectivity index (χ4n) is 3.30. The summed E-state index contributed by atoms with van der Waals surface area (Å²) in [5, 5.41) is 8.50. The molecule has 2 aromatic carbocycles. The number of carbonyl (C=O) groups is 1. The molecule has 0 fully saturated rings. The van der Waals surface area contributed by atoms with Gasteiger partial charge in [-0.1, -0.05) is 43.3 Å². The number of aromatic amines is 1. The minimum atomic E-state index is -0.517. The monoisotopic (exact) mass is 399 g/mol. The number of carbonyl (C=O) groups excluding carboxylic acids is 1. The van der Waals surface area contributed by atoms with Crippen molar-refractivity contribution in [3.63, 3.8) is 0 Å². The molecule has 4 aromatic rings. The molecular weight excluding hydrogens is 374 g/mol. The van der Waals surface area contributed by atoms with Crippen molar-refractivity contribution in [1.29, 1.82) is 0 Å². The van der Waals surface area contributed by atoms with Crippen molar-refractivity contribution in [3.05, 3.63) is 71.8 Å². The van der Waals surface area contributed by atoms with Crippen molar-refractivity contribution in [2.24, 2.45) is 0 Å². The van der Waals surface area contributed by atoms with E-state index in [1.165, 1.54) is 5.56 Å². The van der Waals surface area contributed by atoms with Gasteiger partial charge in [-0.2, -0.15) is 5.10 Å². The van der Waals surface area contributed by atoms with Gasteiger partial charge in [0.15, 0.2) is 5.65 Å². The van der Waals surface area contributed by atoms with Crippen LogP contribution in [0.15, 0.2) is 60.7 Å². The zero-order valence-corrected chi connectivity index (χ0v) is 17.7. The molecule has 0 amide bonds. The van der Waals surface area contributed by atoms with E-state index in [1.54, 1.807) is 12.1 Å². The highest BCUT2D eigenvalue weighted by atomic mass is 16.6. The van der Waals surface area contributed by atoms with E-state index in [9.17, 15) is 4.79 Å². The third-order valence-corrected chi connectivity index (χ3v) is 4.88. The Hall–Kier alpha value is -3.47. The summed E-state index contributed by atoms with van der Waals surface area (Å²) in [5.74, 6) is -0.330. The highest BCUT2D eigenvalue weighted by Gasteiger charge is 2.18. The van der Waals surface area contributed by atoms with Crippen LogP contribution in [0.1, 0.15) is 43.6 Å². The molecule has 30 heavy (non-hydrogen) atoms.